The molecule has 0 aromatic heterocycles. The zero-order valence-electron chi connectivity index (χ0n) is 5.00. The van der Waals surface area contributed by atoms with E-state index in [1.165, 1.54) is 7.11 Å². The van der Waals surface area contributed by atoms with Crippen molar-refractivity contribution < 1.29 is 9.53 Å². The summed E-state index contributed by atoms with van der Waals surface area (Å²) in [5.74, 6) is 0.338. The number of aldehydes is 1. The second-order valence-electron chi connectivity index (χ2n) is 1.47. The Kier molecular flexibility index (Phi) is 1.58. The average molecular weight is 126 g/mol. The van der Waals surface area contributed by atoms with Crippen molar-refractivity contribution in [1.82, 2.24) is 0 Å². The summed E-state index contributed by atoms with van der Waals surface area (Å²) in [7, 11) is 1.46. The summed E-state index contributed by atoms with van der Waals surface area (Å²) in [6, 6.07) is 0. The summed E-state index contributed by atoms with van der Waals surface area (Å²) in [4.78, 5) is 17.6. The highest BCUT2D eigenvalue weighted by Crippen LogP contribution is 1.93. The van der Waals surface area contributed by atoms with Crippen LogP contribution in [0.4, 0.5) is 0 Å². The molecule has 1 aliphatic rings. The van der Waals surface area contributed by atoms with Crippen LogP contribution in [0.1, 0.15) is 0 Å². The van der Waals surface area contributed by atoms with Crippen LogP contribution >= 0.6 is 0 Å². The predicted molar refractivity (Wildman–Crippen MR) is 32.8 cm³/mol. The Morgan fingerprint density at radius 1 is 1.67 bits per heavy atom. The highest BCUT2D eigenvalue weighted by Gasteiger charge is 2.11. The van der Waals surface area contributed by atoms with Gasteiger partial charge in [-0.2, -0.15) is 0 Å². The van der Waals surface area contributed by atoms with Crippen LogP contribution in [-0.2, 0) is 9.53 Å². The third-order valence-electron chi connectivity index (χ3n) is 0.979. The summed E-state index contributed by atoms with van der Waals surface area (Å²) >= 11 is 0. The third kappa shape index (κ3) is 0.960. The van der Waals surface area contributed by atoms with E-state index in [0.29, 0.717) is 24.6 Å². The maximum absolute atomic E-state index is 10.1. The van der Waals surface area contributed by atoms with Crippen molar-refractivity contribution in [2.45, 2.75) is 0 Å². The number of nitrogens with zero attached hydrogens (tertiary/aromatic N) is 2. The van der Waals surface area contributed by atoms with Crippen LogP contribution in [-0.4, -0.2) is 31.7 Å². The van der Waals surface area contributed by atoms with E-state index in [4.69, 9.17) is 4.74 Å². The molecular weight excluding hydrogens is 120 g/mol. The zero-order chi connectivity index (χ0) is 6.69. The lowest BCUT2D eigenvalue weighted by Crippen LogP contribution is -2.13. The van der Waals surface area contributed by atoms with Crippen LogP contribution < -0.4 is 0 Å². The molecule has 0 unspecified atom stereocenters. The van der Waals surface area contributed by atoms with E-state index in [-0.39, 0.29) is 0 Å². The molecule has 0 N–H and O–H groups in total. The fourth-order valence-corrected chi connectivity index (χ4v) is 0.581. The van der Waals surface area contributed by atoms with Crippen molar-refractivity contribution in [2.24, 2.45) is 9.98 Å². The van der Waals surface area contributed by atoms with Crippen molar-refractivity contribution in [2.75, 3.05) is 13.8 Å². The van der Waals surface area contributed by atoms with Gasteiger partial charge in [0.15, 0.2) is 12.0 Å². The summed E-state index contributed by atoms with van der Waals surface area (Å²) in [5, 5.41) is 0. The second kappa shape index (κ2) is 2.39. The van der Waals surface area contributed by atoms with Crippen molar-refractivity contribution in [3.05, 3.63) is 0 Å². The fourth-order valence-electron chi connectivity index (χ4n) is 0.581. The number of methoxy groups -OCH3 is 1. The first-order valence-corrected chi connectivity index (χ1v) is 2.47. The molecule has 9 heavy (non-hydrogen) atoms. The third-order valence-corrected chi connectivity index (χ3v) is 0.979. The highest BCUT2D eigenvalue weighted by atomic mass is 16.5. The van der Waals surface area contributed by atoms with Gasteiger partial charge in [-0.05, 0) is 0 Å². The van der Waals surface area contributed by atoms with Crippen LogP contribution in [0.25, 0.3) is 0 Å². The van der Waals surface area contributed by atoms with E-state index >= 15 is 0 Å². The van der Waals surface area contributed by atoms with Gasteiger partial charge in [-0.3, -0.25) is 9.79 Å². The average Bonchev–Trinajstić information content (AvgIpc) is 2.33. The van der Waals surface area contributed by atoms with E-state index in [1.54, 1.807) is 0 Å². The Morgan fingerprint density at radius 3 is 2.89 bits per heavy atom. The van der Waals surface area contributed by atoms with Gasteiger partial charge >= 0.3 is 0 Å². The highest BCUT2D eigenvalue weighted by molar-refractivity contribution is 6.60. The first-order chi connectivity index (χ1) is 4.38. The molecule has 1 rings (SSSR count). The lowest BCUT2D eigenvalue weighted by Gasteiger charge is -1.93. The maximum Gasteiger partial charge on any atom is 0.239 e. The minimum absolute atomic E-state index is 0.303. The minimum atomic E-state index is 0.303. The van der Waals surface area contributed by atoms with E-state index in [2.05, 4.69) is 9.98 Å². The summed E-state index contributed by atoms with van der Waals surface area (Å²) in [5.41, 5.74) is 0.303. The molecule has 0 aromatic rings. The maximum atomic E-state index is 10.1. The molecular formula is C5H6N2O2. The molecule has 0 saturated heterocycles. The lowest BCUT2D eigenvalue weighted by atomic mass is 10.4. The van der Waals surface area contributed by atoms with Gasteiger partial charge in [-0.15, -0.1) is 0 Å². The number of carbonyl (C=O) groups is 1. The normalized spacial score (nSPS) is 16.6. The van der Waals surface area contributed by atoms with Gasteiger partial charge in [0.1, 0.15) is 6.67 Å². The van der Waals surface area contributed by atoms with Gasteiger partial charge in [0.2, 0.25) is 5.90 Å². The SMILES string of the molecule is COC1=NCN=C1C=O. The Bertz CT molecular complexity index is 183. The van der Waals surface area contributed by atoms with Crippen LogP contribution in [0.15, 0.2) is 9.98 Å². The summed E-state index contributed by atoms with van der Waals surface area (Å²) < 4.78 is 4.70. The van der Waals surface area contributed by atoms with E-state index in [1.807, 2.05) is 0 Å². The second-order valence-corrected chi connectivity index (χ2v) is 1.47. The Labute approximate surface area is 52.3 Å². The number of hydrogen-bond acceptors (Lipinski definition) is 4. The van der Waals surface area contributed by atoms with Crippen molar-refractivity contribution >= 4 is 17.9 Å². The molecule has 0 bridgehead atoms. The van der Waals surface area contributed by atoms with Gasteiger partial charge in [-0.25, -0.2) is 4.99 Å². The molecule has 0 amide bonds. The van der Waals surface area contributed by atoms with E-state index in [9.17, 15) is 4.79 Å². The molecule has 0 aliphatic carbocycles. The minimum Gasteiger partial charge on any atom is -0.480 e. The molecule has 1 aliphatic heterocycles. The van der Waals surface area contributed by atoms with Gasteiger partial charge in [0.05, 0.1) is 7.11 Å². The number of hydrogen-bond donors (Lipinski definition) is 0. The largest absolute Gasteiger partial charge is 0.480 e. The van der Waals surface area contributed by atoms with Crippen LogP contribution in [0.5, 0.6) is 0 Å². The molecule has 0 aromatic carbocycles. The smallest absolute Gasteiger partial charge is 0.239 e. The van der Waals surface area contributed by atoms with Gasteiger partial charge in [0, 0.05) is 0 Å². The van der Waals surface area contributed by atoms with Gasteiger partial charge in [0.25, 0.3) is 0 Å². The summed E-state index contributed by atoms with van der Waals surface area (Å²) in [6.07, 6.45) is 0.634. The quantitative estimate of drug-likeness (QED) is 0.450. The topological polar surface area (TPSA) is 51.0 Å². The molecule has 0 saturated carbocycles. The molecule has 0 fully saturated rings. The molecule has 0 atom stereocenters. The Hall–Kier alpha value is -1.19. The first-order valence-electron chi connectivity index (χ1n) is 2.47. The number of carbonyl (C=O) groups excluding carboxylic acids is 1. The van der Waals surface area contributed by atoms with Crippen LogP contribution in [0.3, 0.4) is 0 Å². The Morgan fingerprint density at radius 2 is 2.44 bits per heavy atom. The van der Waals surface area contributed by atoms with Crippen molar-refractivity contribution in [3.63, 3.8) is 0 Å². The first kappa shape index (κ1) is 5.94. The van der Waals surface area contributed by atoms with Crippen molar-refractivity contribution in [1.29, 1.82) is 0 Å². The lowest BCUT2D eigenvalue weighted by molar-refractivity contribution is -0.102. The number of aliphatic imine (C=N–C) groups is 2. The molecule has 0 radical (unpaired) electrons. The predicted octanol–water partition coefficient (Wildman–Crippen LogP) is -0.358. The standard InChI is InChI=1S/C5H6N2O2/c1-9-5-4(2-8)6-3-7-5/h2H,3H2,1H3. The zero-order valence-corrected chi connectivity index (χ0v) is 5.00. The fraction of sp³-hybridized carbons (Fsp3) is 0.400. The summed E-state index contributed by atoms with van der Waals surface area (Å²) in [6.45, 7) is 0.317. The van der Waals surface area contributed by atoms with Crippen molar-refractivity contribution in [3.8, 4) is 0 Å². The van der Waals surface area contributed by atoms with Gasteiger partial charge < -0.3 is 4.74 Å². The molecule has 1 heterocycles. The van der Waals surface area contributed by atoms with Crippen LogP contribution in [0.2, 0.25) is 0 Å². The van der Waals surface area contributed by atoms with E-state index in [0.717, 1.165) is 0 Å². The van der Waals surface area contributed by atoms with Gasteiger partial charge in [-0.1, -0.05) is 0 Å². The van der Waals surface area contributed by atoms with E-state index < -0.39 is 0 Å². The Balaban J connectivity index is 2.73. The monoisotopic (exact) mass is 126 g/mol. The number of rotatable bonds is 1. The molecule has 48 valence electrons. The molecule has 4 nitrogen and oxygen atoms in total. The molecule has 4 heteroatoms. The number of ether oxygens (including phenoxy) is 1. The molecule has 0 spiro atoms. The van der Waals surface area contributed by atoms with Crippen LogP contribution in [0, 0.1) is 0 Å².